The zero-order valence-electron chi connectivity index (χ0n) is 14.7. The topological polar surface area (TPSA) is 76.6 Å². The third kappa shape index (κ3) is 3.04. The minimum Gasteiger partial charge on any atom is -0.494 e. The van der Waals surface area contributed by atoms with Gasteiger partial charge in [0.1, 0.15) is 5.56 Å². The zero-order chi connectivity index (χ0) is 19.1. The first-order valence-corrected chi connectivity index (χ1v) is 10.1. The minimum absolute atomic E-state index is 0.0636. The predicted octanol–water partition coefficient (Wildman–Crippen LogP) is 3.21. The fraction of sp³-hybridized carbons (Fsp3) is 0.211. The van der Waals surface area contributed by atoms with Crippen molar-refractivity contribution in [1.29, 1.82) is 0 Å². The molecule has 1 aromatic carbocycles. The number of hydrogen-bond acceptors (Lipinski definition) is 6. The van der Waals surface area contributed by atoms with Crippen molar-refractivity contribution in [3.63, 3.8) is 0 Å². The van der Waals surface area contributed by atoms with E-state index in [0.717, 1.165) is 19.7 Å². The summed E-state index contributed by atoms with van der Waals surface area (Å²) in [5, 5.41) is 12.6. The number of rotatable bonds is 2. The highest BCUT2D eigenvalue weighted by atomic mass is 32.2. The third-order valence-corrected chi connectivity index (χ3v) is 6.99. The van der Waals surface area contributed by atoms with Crippen LogP contribution >= 0.6 is 23.1 Å². The second-order valence-electron chi connectivity index (χ2n) is 6.26. The van der Waals surface area contributed by atoms with E-state index < -0.39 is 11.2 Å². The molecule has 3 heterocycles. The molecule has 1 unspecified atom stereocenters. The molecule has 0 radical (unpaired) electrons. The highest BCUT2D eigenvalue weighted by Crippen LogP contribution is 2.46. The molecule has 3 aromatic rings. The van der Waals surface area contributed by atoms with Crippen LogP contribution in [-0.2, 0) is 14.1 Å². The highest BCUT2D eigenvalue weighted by Gasteiger charge is 2.27. The lowest BCUT2D eigenvalue weighted by atomic mass is 10.1. The maximum Gasteiger partial charge on any atom is 0.333 e. The van der Waals surface area contributed by atoms with Gasteiger partial charge in [-0.15, -0.1) is 23.1 Å². The molecular weight excluding hydrogens is 382 g/mol. The quantitative estimate of drug-likeness (QED) is 0.718. The Morgan fingerprint density at radius 2 is 1.89 bits per heavy atom. The van der Waals surface area contributed by atoms with Gasteiger partial charge in [-0.25, -0.2) is 4.79 Å². The van der Waals surface area contributed by atoms with Crippen LogP contribution < -0.4 is 11.2 Å². The lowest BCUT2D eigenvalue weighted by Crippen LogP contribution is -2.40. The fourth-order valence-corrected chi connectivity index (χ4v) is 5.24. The monoisotopic (exact) mass is 399 g/mol. The summed E-state index contributed by atoms with van der Waals surface area (Å²) in [5.74, 6) is -0.351. The molecule has 8 heteroatoms. The Morgan fingerprint density at radius 1 is 1.11 bits per heavy atom. The first kappa shape index (κ1) is 17.8. The third-order valence-electron chi connectivity index (χ3n) is 4.55. The smallest absolute Gasteiger partial charge is 0.333 e. The molecular formula is C19H17N3O3S2. The Balaban J connectivity index is 1.96. The Morgan fingerprint density at radius 3 is 2.63 bits per heavy atom. The van der Waals surface area contributed by atoms with Crippen LogP contribution in [0.4, 0.5) is 5.69 Å². The van der Waals surface area contributed by atoms with Crippen molar-refractivity contribution in [2.75, 3.05) is 0 Å². The van der Waals surface area contributed by atoms with Crippen LogP contribution in [0.15, 0.2) is 61.3 Å². The standard InChI is InChI=1S/C19H17N3O3S2/c1-21-17(23)16(18(24)22(2)19(21)25)12-10-15(14-8-5-9-26-14)27-13-7-4-3-6-11(13)20-12/h3-9,15,23H,10H2,1-2H3. The van der Waals surface area contributed by atoms with Crippen LogP contribution in [0.5, 0.6) is 5.88 Å². The number of thioether (sulfide) groups is 1. The summed E-state index contributed by atoms with van der Waals surface area (Å²) in [5.41, 5.74) is 0.216. The SMILES string of the molecule is Cn1c(O)c(C2=Nc3ccccc3SC(c3cccs3)C2)c(=O)n(C)c1=O. The van der Waals surface area contributed by atoms with E-state index in [1.165, 1.54) is 19.0 Å². The molecule has 1 N–H and O–H groups in total. The van der Waals surface area contributed by atoms with Crippen molar-refractivity contribution in [1.82, 2.24) is 9.13 Å². The van der Waals surface area contributed by atoms with E-state index in [1.54, 1.807) is 23.1 Å². The first-order chi connectivity index (χ1) is 13.0. The predicted molar refractivity (Wildman–Crippen MR) is 109 cm³/mol. The van der Waals surface area contributed by atoms with Crippen LogP contribution in [0.25, 0.3) is 0 Å². The summed E-state index contributed by atoms with van der Waals surface area (Å²) in [4.78, 5) is 31.8. The molecule has 0 spiro atoms. The summed E-state index contributed by atoms with van der Waals surface area (Å²) >= 11 is 3.34. The lowest BCUT2D eigenvalue weighted by Gasteiger charge is -2.15. The van der Waals surface area contributed by atoms with Gasteiger partial charge in [0, 0.05) is 35.5 Å². The molecule has 6 nitrogen and oxygen atoms in total. The van der Waals surface area contributed by atoms with Crippen LogP contribution in [0.1, 0.15) is 22.1 Å². The van der Waals surface area contributed by atoms with Gasteiger partial charge in [0.15, 0.2) is 0 Å². The van der Waals surface area contributed by atoms with Crippen molar-refractivity contribution in [3.05, 3.63) is 73.1 Å². The maximum absolute atomic E-state index is 12.8. The van der Waals surface area contributed by atoms with Gasteiger partial charge < -0.3 is 5.11 Å². The average molecular weight is 399 g/mol. The van der Waals surface area contributed by atoms with Crippen LogP contribution in [0.3, 0.4) is 0 Å². The molecule has 0 bridgehead atoms. The van der Waals surface area contributed by atoms with Crippen molar-refractivity contribution in [2.24, 2.45) is 19.1 Å². The number of hydrogen-bond donors (Lipinski definition) is 1. The van der Waals surface area contributed by atoms with Gasteiger partial charge in [-0.2, -0.15) is 0 Å². The molecule has 0 fully saturated rings. The first-order valence-electron chi connectivity index (χ1n) is 8.33. The Bertz CT molecular complexity index is 1160. The molecule has 0 aliphatic carbocycles. The Kier molecular flexibility index (Phi) is 4.53. The van der Waals surface area contributed by atoms with Crippen molar-refractivity contribution in [2.45, 2.75) is 16.6 Å². The molecule has 1 aliphatic heterocycles. The van der Waals surface area contributed by atoms with E-state index in [1.807, 2.05) is 35.7 Å². The van der Waals surface area contributed by atoms with E-state index in [9.17, 15) is 14.7 Å². The van der Waals surface area contributed by atoms with Gasteiger partial charge in [-0.05, 0) is 23.6 Å². The molecule has 0 saturated heterocycles. The van der Waals surface area contributed by atoms with Crippen LogP contribution in [-0.4, -0.2) is 20.0 Å². The molecule has 2 aromatic heterocycles. The van der Waals surface area contributed by atoms with Gasteiger partial charge in [0.05, 0.1) is 11.4 Å². The summed E-state index contributed by atoms with van der Waals surface area (Å²) in [6, 6.07) is 11.8. The van der Waals surface area contributed by atoms with Gasteiger partial charge in [-0.1, -0.05) is 18.2 Å². The molecule has 1 aliphatic rings. The summed E-state index contributed by atoms with van der Waals surface area (Å²) in [6.45, 7) is 0. The number of fused-ring (bicyclic) bond motifs is 1. The molecule has 138 valence electrons. The van der Waals surface area contributed by atoms with Crippen molar-refractivity contribution in [3.8, 4) is 5.88 Å². The molecule has 0 amide bonds. The lowest BCUT2D eigenvalue weighted by molar-refractivity contribution is 0.410. The number of nitrogens with zero attached hydrogens (tertiary/aromatic N) is 3. The van der Waals surface area contributed by atoms with Gasteiger partial charge in [-0.3, -0.25) is 18.9 Å². The number of aromatic hydroxyl groups is 1. The second kappa shape index (κ2) is 6.86. The second-order valence-corrected chi connectivity index (χ2v) is 8.48. The Labute approximate surface area is 163 Å². The largest absolute Gasteiger partial charge is 0.494 e. The van der Waals surface area contributed by atoms with Crippen LogP contribution in [0.2, 0.25) is 0 Å². The number of para-hydroxylation sites is 1. The fourth-order valence-electron chi connectivity index (χ4n) is 3.09. The van der Waals surface area contributed by atoms with E-state index in [-0.39, 0.29) is 16.7 Å². The van der Waals surface area contributed by atoms with Gasteiger partial charge in [0.2, 0.25) is 5.88 Å². The molecule has 4 rings (SSSR count). The minimum atomic E-state index is -0.569. The number of aromatic nitrogens is 2. The van der Waals surface area contributed by atoms with Crippen molar-refractivity contribution < 1.29 is 5.11 Å². The zero-order valence-corrected chi connectivity index (χ0v) is 16.4. The van der Waals surface area contributed by atoms with E-state index in [0.29, 0.717) is 12.1 Å². The van der Waals surface area contributed by atoms with E-state index in [4.69, 9.17) is 4.99 Å². The molecule has 1 atom stereocenters. The normalized spacial score (nSPS) is 16.5. The summed E-state index contributed by atoms with van der Waals surface area (Å²) in [6.07, 6.45) is 0.473. The maximum atomic E-state index is 12.8. The van der Waals surface area contributed by atoms with Gasteiger partial charge >= 0.3 is 5.69 Å². The summed E-state index contributed by atoms with van der Waals surface area (Å²) in [7, 11) is 2.85. The van der Waals surface area contributed by atoms with Crippen LogP contribution in [0, 0.1) is 0 Å². The van der Waals surface area contributed by atoms with E-state index >= 15 is 0 Å². The Hall–Kier alpha value is -2.58. The summed E-state index contributed by atoms with van der Waals surface area (Å²) < 4.78 is 2.07. The molecule has 27 heavy (non-hydrogen) atoms. The highest BCUT2D eigenvalue weighted by molar-refractivity contribution is 7.99. The number of benzene rings is 1. The van der Waals surface area contributed by atoms with E-state index in [2.05, 4.69) is 6.07 Å². The average Bonchev–Trinajstić information content (AvgIpc) is 3.13. The molecule has 0 saturated carbocycles. The van der Waals surface area contributed by atoms with Gasteiger partial charge in [0.25, 0.3) is 5.56 Å². The van der Waals surface area contributed by atoms with Crippen molar-refractivity contribution >= 4 is 34.5 Å². The number of thiophene rings is 1. The number of aliphatic imine (C=N–C) groups is 1.